The van der Waals surface area contributed by atoms with Crippen LogP contribution in [0.15, 0.2) is 12.4 Å². The van der Waals surface area contributed by atoms with E-state index in [9.17, 15) is 0 Å². The molecule has 1 aromatic rings. The first-order valence-corrected chi connectivity index (χ1v) is 5.17. The Morgan fingerprint density at radius 1 is 1.33 bits per heavy atom. The number of hydrogen-bond acceptors (Lipinski definition) is 5. The van der Waals surface area contributed by atoms with Crippen LogP contribution in [0.1, 0.15) is 6.92 Å². The molecule has 1 aliphatic rings. The summed E-state index contributed by atoms with van der Waals surface area (Å²) < 4.78 is 10.5. The molecule has 0 aromatic carbocycles. The zero-order valence-corrected chi connectivity index (χ0v) is 8.85. The number of anilines is 1. The van der Waals surface area contributed by atoms with Crippen molar-refractivity contribution in [2.75, 3.05) is 37.8 Å². The monoisotopic (exact) mass is 209 g/mol. The standard InChI is InChI=1S/C10H15N3O2/c1-2-15-10-11-7-9(8-12-10)13-3-5-14-6-4-13/h7-8H,2-6H2,1H3. The van der Waals surface area contributed by atoms with Gasteiger partial charge >= 0.3 is 6.01 Å². The molecule has 0 saturated carbocycles. The fourth-order valence-electron chi connectivity index (χ4n) is 1.50. The highest BCUT2D eigenvalue weighted by atomic mass is 16.5. The summed E-state index contributed by atoms with van der Waals surface area (Å²) in [5.41, 5.74) is 1.03. The minimum absolute atomic E-state index is 0.439. The van der Waals surface area contributed by atoms with Gasteiger partial charge in [-0.2, -0.15) is 0 Å². The van der Waals surface area contributed by atoms with Crippen molar-refractivity contribution in [2.24, 2.45) is 0 Å². The zero-order chi connectivity index (χ0) is 10.5. The van der Waals surface area contributed by atoms with Gasteiger partial charge in [-0.25, -0.2) is 9.97 Å². The zero-order valence-electron chi connectivity index (χ0n) is 8.85. The van der Waals surface area contributed by atoms with Crippen LogP contribution in [0.25, 0.3) is 0 Å². The van der Waals surface area contributed by atoms with E-state index >= 15 is 0 Å². The number of aromatic nitrogens is 2. The number of ether oxygens (including phenoxy) is 2. The SMILES string of the molecule is CCOc1ncc(N2CCOCC2)cn1. The van der Waals surface area contributed by atoms with Crippen molar-refractivity contribution in [1.82, 2.24) is 9.97 Å². The highest BCUT2D eigenvalue weighted by molar-refractivity contribution is 5.42. The molecular formula is C10H15N3O2. The van der Waals surface area contributed by atoms with Crippen LogP contribution in [0, 0.1) is 0 Å². The molecule has 5 heteroatoms. The van der Waals surface area contributed by atoms with Crippen molar-refractivity contribution in [1.29, 1.82) is 0 Å². The number of hydrogen-bond donors (Lipinski definition) is 0. The van der Waals surface area contributed by atoms with E-state index in [1.807, 2.05) is 6.92 Å². The topological polar surface area (TPSA) is 47.5 Å². The fourth-order valence-corrected chi connectivity index (χ4v) is 1.50. The van der Waals surface area contributed by atoms with Crippen LogP contribution in [-0.2, 0) is 4.74 Å². The van der Waals surface area contributed by atoms with E-state index < -0.39 is 0 Å². The van der Waals surface area contributed by atoms with Gasteiger partial charge in [0.2, 0.25) is 0 Å². The fraction of sp³-hybridized carbons (Fsp3) is 0.600. The Morgan fingerprint density at radius 3 is 2.60 bits per heavy atom. The minimum Gasteiger partial charge on any atom is -0.464 e. The molecule has 0 amide bonds. The van der Waals surface area contributed by atoms with Crippen LogP contribution in [0.3, 0.4) is 0 Å². The van der Waals surface area contributed by atoms with Gasteiger partial charge in [0, 0.05) is 13.1 Å². The van der Waals surface area contributed by atoms with Crippen molar-refractivity contribution >= 4 is 5.69 Å². The Labute approximate surface area is 89.0 Å². The first-order chi connectivity index (χ1) is 7.40. The van der Waals surface area contributed by atoms with Crippen LogP contribution >= 0.6 is 0 Å². The van der Waals surface area contributed by atoms with Crippen molar-refractivity contribution < 1.29 is 9.47 Å². The van der Waals surface area contributed by atoms with Crippen molar-refractivity contribution in [2.45, 2.75) is 6.92 Å². The van der Waals surface area contributed by atoms with Gasteiger partial charge in [-0.3, -0.25) is 0 Å². The summed E-state index contributed by atoms with van der Waals surface area (Å²) in [6, 6.07) is 0.439. The van der Waals surface area contributed by atoms with E-state index in [2.05, 4.69) is 14.9 Å². The molecule has 0 unspecified atom stereocenters. The van der Waals surface area contributed by atoms with E-state index in [0.29, 0.717) is 12.6 Å². The van der Waals surface area contributed by atoms with Gasteiger partial charge in [0.05, 0.1) is 37.9 Å². The minimum atomic E-state index is 0.439. The molecule has 0 atom stereocenters. The first-order valence-electron chi connectivity index (χ1n) is 5.17. The van der Waals surface area contributed by atoms with Crippen LogP contribution < -0.4 is 9.64 Å². The molecule has 1 fully saturated rings. The third kappa shape index (κ3) is 2.56. The lowest BCUT2D eigenvalue weighted by molar-refractivity contribution is 0.122. The van der Waals surface area contributed by atoms with Crippen molar-refractivity contribution in [3.63, 3.8) is 0 Å². The largest absolute Gasteiger partial charge is 0.464 e. The highest BCUT2D eigenvalue weighted by Gasteiger charge is 2.11. The van der Waals surface area contributed by atoms with Gasteiger partial charge in [0.1, 0.15) is 0 Å². The maximum Gasteiger partial charge on any atom is 0.316 e. The van der Waals surface area contributed by atoms with Crippen molar-refractivity contribution in [3.05, 3.63) is 12.4 Å². The second-order valence-corrected chi connectivity index (χ2v) is 3.26. The van der Waals surface area contributed by atoms with Crippen LogP contribution in [0.4, 0.5) is 5.69 Å². The molecule has 1 aliphatic heterocycles. The number of morpholine rings is 1. The summed E-state index contributed by atoms with van der Waals surface area (Å²) in [6.45, 7) is 5.85. The Morgan fingerprint density at radius 2 is 2.00 bits per heavy atom. The van der Waals surface area contributed by atoms with Crippen LogP contribution in [-0.4, -0.2) is 42.9 Å². The van der Waals surface area contributed by atoms with Gasteiger partial charge in [-0.15, -0.1) is 0 Å². The average Bonchev–Trinajstić information content (AvgIpc) is 2.32. The maximum absolute atomic E-state index is 5.28. The molecule has 15 heavy (non-hydrogen) atoms. The van der Waals surface area contributed by atoms with E-state index in [4.69, 9.17) is 9.47 Å². The summed E-state index contributed by atoms with van der Waals surface area (Å²) >= 11 is 0. The Kier molecular flexibility index (Phi) is 3.34. The molecule has 82 valence electrons. The number of nitrogens with zero attached hydrogens (tertiary/aromatic N) is 3. The molecule has 0 bridgehead atoms. The smallest absolute Gasteiger partial charge is 0.316 e. The van der Waals surface area contributed by atoms with Crippen molar-refractivity contribution in [3.8, 4) is 6.01 Å². The molecule has 2 rings (SSSR count). The second kappa shape index (κ2) is 4.93. The predicted molar refractivity (Wildman–Crippen MR) is 56.2 cm³/mol. The third-order valence-electron chi connectivity index (χ3n) is 2.26. The van der Waals surface area contributed by atoms with E-state index in [-0.39, 0.29) is 0 Å². The molecule has 0 aliphatic carbocycles. The predicted octanol–water partition coefficient (Wildman–Crippen LogP) is 0.712. The van der Waals surface area contributed by atoms with Crippen LogP contribution in [0.2, 0.25) is 0 Å². The lowest BCUT2D eigenvalue weighted by atomic mass is 10.4. The molecule has 0 radical (unpaired) electrons. The number of rotatable bonds is 3. The summed E-state index contributed by atoms with van der Waals surface area (Å²) in [5.74, 6) is 0. The molecule has 2 heterocycles. The van der Waals surface area contributed by atoms with Crippen LogP contribution in [0.5, 0.6) is 6.01 Å². The molecule has 0 N–H and O–H groups in total. The lowest BCUT2D eigenvalue weighted by Crippen LogP contribution is -2.36. The summed E-state index contributed by atoms with van der Waals surface area (Å²) in [5, 5.41) is 0. The lowest BCUT2D eigenvalue weighted by Gasteiger charge is -2.28. The third-order valence-corrected chi connectivity index (χ3v) is 2.26. The van der Waals surface area contributed by atoms with Gasteiger partial charge in [0.15, 0.2) is 0 Å². The Balaban J connectivity index is 2.02. The van der Waals surface area contributed by atoms with Gasteiger partial charge in [-0.05, 0) is 6.92 Å². The van der Waals surface area contributed by atoms with E-state index in [1.165, 1.54) is 0 Å². The second-order valence-electron chi connectivity index (χ2n) is 3.26. The van der Waals surface area contributed by atoms with E-state index in [1.54, 1.807) is 12.4 Å². The van der Waals surface area contributed by atoms with Gasteiger partial charge in [0.25, 0.3) is 0 Å². The molecular weight excluding hydrogens is 194 g/mol. The molecule has 0 spiro atoms. The van der Waals surface area contributed by atoms with Gasteiger partial charge in [-0.1, -0.05) is 0 Å². The highest BCUT2D eigenvalue weighted by Crippen LogP contribution is 2.14. The maximum atomic E-state index is 5.28. The molecule has 5 nitrogen and oxygen atoms in total. The average molecular weight is 209 g/mol. The Bertz CT molecular complexity index is 296. The van der Waals surface area contributed by atoms with Gasteiger partial charge < -0.3 is 14.4 Å². The normalized spacial score (nSPS) is 16.5. The quantitative estimate of drug-likeness (QED) is 0.733. The Hall–Kier alpha value is -1.36. The summed E-state index contributed by atoms with van der Waals surface area (Å²) in [7, 11) is 0. The first kappa shape index (κ1) is 10.2. The summed E-state index contributed by atoms with van der Waals surface area (Å²) in [4.78, 5) is 10.5. The summed E-state index contributed by atoms with van der Waals surface area (Å²) in [6.07, 6.45) is 3.59. The molecule has 1 aromatic heterocycles. The molecule has 1 saturated heterocycles. The van der Waals surface area contributed by atoms with E-state index in [0.717, 1.165) is 32.0 Å².